The standard InChI is InChI=1S/C51H31N3O2/c1-2-9-34(10-3-1)44-30-45(54-51(53-44)36-22-16-32(17-23-36)38-11-8-28-52-31-38)35-20-18-33(19-21-35)39-25-26-40(50-49(39)42-13-5-7-15-47(42)56-50)37-24-27-48-43(29-37)41-12-4-6-14-46(41)55-48/h1-31H. The fraction of sp³-hybridized carbons (Fsp3) is 0. The molecule has 5 nitrogen and oxygen atoms in total. The van der Waals surface area contributed by atoms with Crippen LogP contribution >= 0.6 is 0 Å². The van der Waals surface area contributed by atoms with E-state index < -0.39 is 0 Å². The molecule has 0 amide bonds. The summed E-state index contributed by atoms with van der Waals surface area (Å²) in [5, 5.41) is 4.37. The van der Waals surface area contributed by atoms with Crippen LogP contribution in [0.1, 0.15) is 0 Å². The second kappa shape index (κ2) is 13.0. The summed E-state index contributed by atoms with van der Waals surface area (Å²) in [6.45, 7) is 0. The minimum absolute atomic E-state index is 0.673. The molecule has 5 heteroatoms. The highest BCUT2D eigenvalue weighted by molar-refractivity contribution is 6.17. The number of pyridine rings is 1. The van der Waals surface area contributed by atoms with E-state index in [0.29, 0.717) is 5.82 Å². The Morgan fingerprint density at radius 2 is 0.946 bits per heavy atom. The van der Waals surface area contributed by atoms with Crippen LogP contribution in [-0.2, 0) is 0 Å². The molecule has 11 rings (SSSR count). The van der Waals surface area contributed by atoms with Gasteiger partial charge in [-0.3, -0.25) is 4.98 Å². The molecule has 0 bridgehead atoms. The zero-order chi connectivity index (χ0) is 37.0. The van der Waals surface area contributed by atoms with Crippen molar-refractivity contribution in [3.63, 3.8) is 0 Å². The van der Waals surface area contributed by atoms with Gasteiger partial charge in [0.05, 0.1) is 11.4 Å². The Balaban J connectivity index is 1.01. The summed E-state index contributed by atoms with van der Waals surface area (Å²) in [4.78, 5) is 14.5. The number of nitrogens with zero attached hydrogens (tertiary/aromatic N) is 3. The van der Waals surface area contributed by atoms with Crippen LogP contribution in [0.4, 0.5) is 0 Å². The van der Waals surface area contributed by atoms with Crippen LogP contribution in [0.15, 0.2) is 197 Å². The number of para-hydroxylation sites is 2. The fourth-order valence-corrected chi connectivity index (χ4v) is 7.84. The van der Waals surface area contributed by atoms with Gasteiger partial charge in [-0.25, -0.2) is 9.97 Å². The highest BCUT2D eigenvalue weighted by Gasteiger charge is 2.19. The third-order valence-electron chi connectivity index (χ3n) is 10.6. The van der Waals surface area contributed by atoms with Crippen LogP contribution in [0.3, 0.4) is 0 Å². The first kappa shape index (κ1) is 31.9. The molecule has 262 valence electrons. The van der Waals surface area contributed by atoms with Gasteiger partial charge in [-0.15, -0.1) is 0 Å². The summed E-state index contributed by atoms with van der Waals surface area (Å²) in [7, 11) is 0. The van der Waals surface area contributed by atoms with Crippen LogP contribution in [0.2, 0.25) is 0 Å². The molecular formula is C51H31N3O2. The Morgan fingerprint density at radius 1 is 0.357 bits per heavy atom. The summed E-state index contributed by atoms with van der Waals surface area (Å²) in [6.07, 6.45) is 3.66. The number of rotatable bonds is 6. The molecule has 0 atom stereocenters. The fourth-order valence-electron chi connectivity index (χ4n) is 7.84. The predicted octanol–water partition coefficient (Wildman–Crippen LogP) is 13.7. The van der Waals surface area contributed by atoms with E-state index in [1.807, 2.05) is 54.7 Å². The van der Waals surface area contributed by atoms with E-state index in [9.17, 15) is 0 Å². The average molecular weight is 718 g/mol. The van der Waals surface area contributed by atoms with Gasteiger partial charge in [0.1, 0.15) is 22.3 Å². The third kappa shape index (κ3) is 5.45. The molecule has 0 radical (unpaired) electrons. The minimum Gasteiger partial charge on any atom is -0.456 e. The van der Waals surface area contributed by atoms with Crippen molar-refractivity contribution in [3.8, 4) is 67.3 Å². The molecule has 0 aliphatic rings. The number of fused-ring (bicyclic) bond motifs is 6. The molecule has 56 heavy (non-hydrogen) atoms. The lowest BCUT2D eigenvalue weighted by Gasteiger charge is -2.11. The SMILES string of the molecule is c1ccc(-c2cc(-c3ccc(-c4ccc(-c5ccc6oc7ccccc7c6c5)c5oc6ccccc6c45)cc3)nc(-c3ccc(-c4cccnc4)cc3)n2)cc1. The van der Waals surface area contributed by atoms with Gasteiger partial charge in [-0.05, 0) is 70.3 Å². The van der Waals surface area contributed by atoms with E-state index in [1.54, 1.807) is 6.20 Å². The molecule has 11 aromatic rings. The highest BCUT2D eigenvalue weighted by atomic mass is 16.3. The predicted molar refractivity (Wildman–Crippen MR) is 227 cm³/mol. The molecule has 0 saturated carbocycles. The molecule has 7 aromatic carbocycles. The van der Waals surface area contributed by atoms with Crippen molar-refractivity contribution in [1.82, 2.24) is 15.0 Å². The molecule has 0 aliphatic carbocycles. The van der Waals surface area contributed by atoms with E-state index in [1.165, 1.54) is 0 Å². The molecule has 0 N–H and O–H groups in total. The van der Waals surface area contributed by atoms with E-state index >= 15 is 0 Å². The van der Waals surface area contributed by atoms with Gasteiger partial charge in [0.15, 0.2) is 5.82 Å². The van der Waals surface area contributed by atoms with Gasteiger partial charge in [0.2, 0.25) is 0 Å². The topological polar surface area (TPSA) is 65.0 Å². The average Bonchev–Trinajstić information content (AvgIpc) is 3.85. The van der Waals surface area contributed by atoms with Crippen LogP contribution < -0.4 is 0 Å². The summed E-state index contributed by atoms with van der Waals surface area (Å²) in [6, 6.07) is 60.7. The van der Waals surface area contributed by atoms with Crippen LogP contribution in [-0.4, -0.2) is 15.0 Å². The van der Waals surface area contributed by atoms with Crippen molar-refractivity contribution < 1.29 is 8.83 Å². The van der Waals surface area contributed by atoms with E-state index in [-0.39, 0.29) is 0 Å². The van der Waals surface area contributed by atoms with Crippen molar-refractivity contribution in [3.05, 3.63) is 188 Å². The minimum atomic E-state index is 0.673. The number of hydrogen-bond donors (Lipinski definition) is 0. The lowest BCUT2D eigenvalue weighted by atomic mass is 9.93. The maximum atomic E-state index is 6.67. The second-order valence-corrected chi connectivity index (χ2v) is 14.0. The zero-order valence-electron chi connectivity index (χ0n) is 30.1. The van der Waals surface area contributed by atoms with Crippen molar-refractivity contribution in [2.24, 2.45) is 0 Å². The number of aromatic nitrogens is 3. The van der Waals surface area contributed by atoms with Crippen molar-refractivity contribution >= 4 is 43.9 Å². The Kier molecular flexibility index (Phi) is 7.42. The monoisotopic (exact) mass is 717 g/mol. The smallest absolute Gasteiger partial charge is 0.160 e. The van der Waals surface area contributed by atoms with E-state index in [2.05, 4.69) is 132 Å². The normalized spacial score (nSPS) is 11.6. The Labute approximate surface area is 322 Å². The highest BCUT2D eigenvalue weighted by Crippen LogP contribution is 2.43. The number of furan rings is 2. The Bertz CT molecular complexity index is 3220. The van der Waals surface area contributed by atoms with Gasteiger partial charge >= 0.3 is 0 Å². The van der Waals surface area contributed by atoms with E-state index in [4.69, 9.17) is 18.8 Å². The Hall–Kier alpha value is -7.63. The largest absolute Gasteiger partial charge is 0.456 e. The van der Waals surface area contributed by atoms with Crippen LogP contribution in [0.5, 0.6) is 0 Å². The molecule has 4 heterocycles. The second-order valence-electron chi connectivity index (χ2n) is 14.0. The first-order valence-electron chi connectivity index (χ1n) is 18.7. The summed E-state index contributed by atoms with van der Waals surface area (Å²) >= 11 is 0. The maximum Gasteiger partial charge on any atom is 0.160 e. The lowest BCUT2D eigenvalue weighted by molar-refractivity contribution is 0.668. The summed E-state index contributed by atoms with van der Waals surface area (Å²) < 4.78 is 12.8. The number of hydrogen-bond acceptors (Lipinski definition) is 5. The molecule has 0 fully saturated rings. The van der Waals surface area contributed by atoms with E-state index in [0.717, 1.165) is 105 Å². The van der Waals surface area contributed by atoms with Gasteiger partial charge in [-0.1, -0.05) is 133 Å². The molecule has 4 aromatic heterocycles. The third-order valence-corrected chi connectivity index (χ3v) is 10.6. The van der Waals surface area contributed by atoms with Gasteiger partial charge in [0, 0.05) is 56.2 Å². The first-order chi connectivity index (χ1) is 27.7. The first-order valence-corrected chi connectivity index (χ1v) is 18.7. The van der Waals surface area contributed by atoms with Crippen LogP contribution in [0, 0.1) is 0 Å². The van der Waals surface area contributed by atoms with Crippen LogP contribution in [0.25, 0.3) is 111 Å². The Morgan fingerprint density at radius 3 is 1.71 bits per heavy atom. The molecule has 0 saturated heterocycles. The summed E-state index contributed by atoms with van der Waals surface area (Å²) in [5.41, 5.74) is 14.7. The number of benzene rings is 7. The molecule has 0 spiro atoms. The quantitative estimate of drug-likeness (QED) is 0.171. The van der Waals surface area contributed by atoms with Crippen molar-refractivity contribution in [2.75, 3.05) is 0 Å². The van der Waals surface area contributed by atoms with Gasteiger partial charge in [0.25, 0.3) is 0 Å². The lowest BCUT2D eigenvalue weighted by Crippen LogP contribution is -1.96. The molecule has 0 aliphatic heterocycles. The summed E-state index contributed by atoms with van der Waals surface area (Å²) in [5.74, 6) is 0.673. The van der Waals surface area contributed by atoms with Gasteiger partial charge in [-0.2, -0.15) is 0 Å². The van der Waals surface area contributed by atoms with Crippen molar-refractivity contribution in [2.45, 2.75) is 0 Å². The zero-order valence-corrected chi connectivity index (χ0v) is 30.1. The van der Waals surface area contributed by atoms with Gasteiger partial charge < -0.3 is 8.83 Å². The van der Waals surface area contributed by atoms with Crippen molar-refractivity contribution in [1.29, 1.82) is 0 Å². The maximum absolute atomic E-state index is 6.67. The molecule has 0 unspecified atom stereocenters. The molecular weight excluding hydrogens is 687 g/mol.